The van der Waals surface area contributed by atoms with Crippen molar-refractivity contribution in [3.05, 3.63) is 35.7 Å². The second-order valence-corrected chi connectivity index (χ2v) is 2.79. The molecule has 0 unspecified atom stereocenters. The standard InChI is InChI=1S/C8H7NS/c1-2-4-7(5-3-1)8-6-10-9-8/h1-6,9H. The normalized spacial score (nSPS) is 10.0. The van der Waals surface area contributed by atoms with E-state index in [1.54, 1.807) is 11.5 Å². The summed E-state index contributed by atoms with van der Waals surface area (Å²) in [5, 5.41) is 2.11. The first-order valence-electron chi connectivity index (χ1n) is 3.14. The minimum atomic E-state index is 1.23. The average Bonchev–Trinajstić information content (AvgIpc) is 1.86. The molecule has 2 heteroatoms. The maximum Gasteiger partial charge on any atom is 0.0663 e. The van der Waals surface area contributed by atoms with Gasteiger partial charge in [0.2, 0.25) is 0 Å². The largest absolute Gasteiger partial charge is 0.310 e. The third-order valence-electron chi connectivity index (χ3n) is 1.43. The van der Waals surface area contributed by atoms with E-state index in [-0.39, 0.29) is 0 Å². The number of hydrogen-bond donors (Lipinski definition) is 1. The summed E-state index contributed by atoms with van der Waals surface area (Å²) in [4.78, 5) is 0. The van der Waals surface area contributed by atoms with Gasteiger partial charge < -0.3 is 4.37 Å². The number of nitrogens with one attached hydrogen (secondary N) is 1. The van der Waals surface area contributed by atoms with E-state index >= 15 is 0 Å². The molecule has 0 saturated heterocycles. The fourth-order valence-electron chi connectivity index (χ4n) is 0.863. The quantitative estimate of drug-likeness (QED) is 0.641. The zero-order valence-corrected chi connectivity index (χ0v) is 6.19. The zero-order chi connectivity index (χ0) is 6.81. The van der Waals surface area contributed by atoms with Gasteiger partial charge in [0, 0.05) is 5.38 Å². The van der Waals surface area contributed by atoms with Crippen LogP contribution in [0.1, 0.15) is 0 Å². The van der Waals surface area contributed by atoms with Gasteiger partial charge in [0.1, 0.15) is 0 Å². The van der Waals surface area contributed by atoms with Gasteiger partial charge in [0.15, 0.2) is 0 Å². The average molecular weight is 149 g/mol. The molecule has 0 amide bonds. The third kappa shape index (κ3) is 0.866. The predicted molar refractivity (Wildman–Crippen MR) is 44.1 cm³/mol. The van der Waals surface area contributed by atoms with Gasteiger partial charge in [-0.3, -0.25) is 0 Å². The van der Waals surface area contributed by atoms with Crippen LogP contribution in [0.15, 0.2) is 35.7 Å². The lowest BCUT2D eigenvalue weighted by Gasteiger charge is -2.01. The molecule has 1 N–H and O–H groups in total. The number of benzene rings is 1. The lowest BCUT2D eigenvalue weighted by atomic mass is 10.2. The molecule has 0 aliphatic heterocycles. The van der Waals surface area contributed by atoms with Crippen molar-refractivity contribution in [3.63, 3.8) is 0 Å². The first kappa shape index (κ1) is 5.74. The summed E-state index contributed by atoms with van der Waals surface area (Å²) in [6.45, 7) is 0. The molecule has 0 radical (unpaired) electrons. The van der Waals surface area contributed by atoms with Gasteiger partial charge in [0.05, 0.1) is 5.69 Å². The Labute approximate surface area is 63.5 Å². The minimum Gasteiger partial charge on any atom is -0.310 e. The molecule has 2 rings (SSSR count). The van der Waals surface area contributed by atoms with Crippen molar-refractivity contribution in [3.8, 4) is 11.3 Å². The fraction of sp³-hybridized carbons (Fsp3) is 0. The maximum atomic E-state index is 3.14. The molecule has 0 aliphatic rings. The van der Waals surface area contributed by atoms with Gasteiger partial charge in [-0.25, -0.2) is 0 Å². The van der Waals surface area contributed by atoms with Crippen LogP contribution in [0, 0.1) is 0 Å². The molecule has 1 aromatic carbocycles. The van der Waals surface area contributed by atoms with Gasteiger partial charge in [-0.1, -0.05) is 41.9 Å². The lowest BCUT2D eigenvalue weighted by Crippen LogP contribution is -1.79. The van der Waals surface area contributed by atoms with Crippen molar-refractivity contribution < 1.29 is 0 Å². The number of aromatic nitrogens is 1. The van der Waals surface area contributed by atoms with Crippen LogP contribution in [0.3, 0.4) is 0 Å². The van der Waals surface area contributed by atoms with Crippen LogP contribution in [-0.2, 0) is 0 Å². The lowest BCUT2D eigenvalue weighted by molar-refractivity contribution is 1.48. The molecule has 0 atom stereocenters. The highest BCUT2D eigenvalue weighted by Crippen LogP contribution is 2.19. The van der Waals surface area contributed by atoms with Crippen LogP contribution in [-0.4, -0.2) is 4.37 Å². The summed E-state index contributed by atoms with van der Waals surface area (Å²) in [7, 11) is 0. The van der Waals surface area contributed by atoms with Crippen molar-refractivity contribution in [2.75, 3.05) is 0 Å². The Bertz CT molecular complexity index is 285. The predicted octanol–water partition coefficient (Wildman–Crippen LogP) is 2.74. The van der Waals surface area contributed by atoms with E-state index in [0.29, 0.717) is 0 Å². The summed E-state index contributed by atoms with van der Waals surface area (Å²) < 4.78 is 3.14. The van der Waals surface area contributed by atoms with E-state index < -0.39 is 0 Å². The van der Waals surface area contributed by atoms with Gasteiger partial charge in [-0.2, -0.15) is 0 Å². The Morgan fingerprint density at radius 1 is 1.10 bits per heavy atom. The second-order valence-electron chi connectivity index (χ2n) is 2.12. The van der Waals surface area contributed by atoms with E-state index in [1.165, 1.54) is 11.3 Å². The molecule has 50 valence electrons. The van der Waals surface area contributed by atoms with Crippen LogP contribution in [0.4, 0.5) is 0 Å². The first-order chi connectivity index (χ1) is 4.97. The van der Waals surface area contributed by atoms with E-state index in [4.69, 9.17) is 0 Å². The molecule has 1 aromatic heterocycles. The van der Waals surface area contributed by atoms with Crippen LogP contribution >= 0.6 is 11.5 Å². The van der Waals surface area contributed by atoms with Gasteiger partial charge in [-0.05, 0) is 5.56 Å². The van der Waals surface area contributed by atoms with E-state index in [9.17, 15) is 0 Å². The molecular weight excluding hydrogens is 142 g/mol. The Kier molecular flexibility index (Phi) is 1.32. The zero-order valence-electron chi connectivity index (χ0n) is 5.37. The molecule has 0 fully saturated rings. The van der Waals surface area contributed by atoms with Crippen LogP contribution in [0.25, 0.3) is 11.3 Å². The number of rotatable bonds is 1. The Morgan fingerprint density at radius 2 is 1.80 bits per heavy atom. The summed E-state index contributed by atoms with van der Waals surface area (Å²) in [5.41, 5.74) is 2.49. The highest BCUT2D eigenvalue weighted by Gasteiger charge is 1.95. The number of aromatic amines is 1. The Balaban J connectivity index is 2.42. The van der Waals surface area contributed by atoms with Gasteiger partial charge in [0.25, 0.3) is 0 Å². The van der Waals surface area contributed by atoms with Crippen molar-refractivity contribution in [2.45, 2.75) is 0 Å². The summed E-state index contributed by atoms with van der Waals surface area (Å²) in [6.07, 6.45) is 0. The third-order valence-corrected chi connectivity index (χ3v) is 2.12. The number of hydrogen-bond acceptors (Lipinski definition) is 1. The monoisotopic (exact) mass is 149 g/mol. The van der Waals surface area contributed by atoms with E-state index in [1.807, 2.05) is 18.2 Å². The van der Waals surface area contributed by atoms with Gasteiger partial charge >= 0.3 is 0 Å². The highest BCUT2D eigenvalue weighted by atomic mass is 32.1. The van der Waals surface area contributed by atoms with E-state index in [0.717, 1.165) is 0 Å². The molecular formula is C8H7NS. The first-order valence-corrected chi connectivity index (χ1v) is 4.02. The van der Waals surface area contributed by atoms with E-state index in [2.05, 4.69) is 21.9 Å². The minimum absolute atomic E-state index is 1.23. The Hall–Kier alpha value is -1.02. The summed E-state index contributed by atoms with van der Waals surface area (Å²) >= 11 is 1.63. The molecule has 1 heterocycles. The van der Waals surface area contributed by atoms with Crippen molar-refractivity contribution >= 4 is 11.5 Å². The van der Waals surface area contributed by atoms with Crippen molar-refractivity contribution in [1.29, 1.82) is 0 Å². The summed E-state index contributed by atoms with van der Waals surface area (Å²) in [6, 6.07) is 10.3. The van der Waals surface area contributed by atoms with Crippen molar-refractivity contribution in [2.24, 2.45) is 0 Å². The molecule has 1 nitrogen and oxygen atoms in total. The molecule has 2 aromatic rings. The molecule has 0 bridgehead atoms. The molecule has 0 saturated carbocycles. The second kappa shape index (κ2) is 2.31. The molecule has 0 aliphatic carbocycles. The summed E-state index contributed by atoms with van der Waals surface area (Å²) in [5.74, 6) is 0. The maximum absolute atomic E-state index is 3.14. The highest BCUT2D eigenvalue weighted by molar-refractivity contribution is 7.05. The Morgan fingerprint density at radius 3 is 2.30 bits per heavy atom. The van der Waals surface area contributed by atoms with Gasteiger partial charge in [-0.15, -0.1) is 0 Å². The fourth-order valence-corrected chi connectivity index (χ4v) is 1.35. The SMILES string of the molecule is c1ccc(-c2cs[nH]2)cc1. The van der Waals surface area contributed by atoms with Crippen LogP contribution in [0.2, 0.25) is 0 Å². The topological polar surface area (TPSA) is 15.8 Å². The van der Waals surface area contributed by atoms with Crippen LogP contribution < -0.4 is 0 Å². The van der Waals surface area contributed by atoms with Crippen LogP contribution in [0.5, 0.6) is 0 Å². The molecule has 0 spiro atoms. The smallest absolute Gasteiger partial charge is 0.0663 e. The van der Waals surface area contributed by atoms with Crippen molar-refractivity contribution in [1.82, 2.24) is 4.37 Å². The number of H-pyrrole nitrogens is 1. The molecule has 10 heavy (non-hydrogen) atoms.